The molecule has 0 aromatic heterocycles. The van der Waals surface area contributed by atoms with Crippen molar-refractivity contribution < 1.29 is 13.2 Å². The number of rotatable bonds is 3. The molecule has 0 unspecified atom stereocenters. The highest BCUT2D eigenvalue weighted by atomic mass is 32.2. The van der Waals surface area contributed by atoms with Gasteiger partial charge in [0.15, 0.2) is 0 Å². The van der Waals surface area contributed by atoms with Crippen LogP contribution in [-0.4, -0.2) is 15.5 Å². The number of ether oxygens (including phenoxy) is 1. The van der Waals surface area contributed by atoms with E-state index in [4.69, 9.17) is 10.5 Å². The third-order valence-corrected chi connectivity index (χ3v) is 3.45. The number of nitrogens with two attached hydrogens (primary N) is 1. The Hall–Kier alpha value is -1.49. The smallest absolute Gasteiger partial charge is 0.202 e. The van der Waals surface area contributed by atoms with E-state index in [1.165, 1.54) is 19.2 Å². The van der Waals surface area contributed by atoms with Gasteiger partial charge in [0.25, 0.3) is 0 Å². The predicted molar refractivity (Wildman–Crippen MR) is 59.5 cm³/mol. The lowest BCUT2D eigenvalue weighted by Gasteiger charge is -2.09. The van der Waals surface area contributed by atoms with Crippen LogP contribution < -0.4 is 10.5 Å². The van der Waals surface area contributed by atoms with Gasteiger partial charge >= 0.3 is 0 Å². The van der Waals surface area contributed by atoms with E-state index in [1.807, 2.05) is 0 Å². The Morgan fingerprint density at radius 1 is 1.47 bits per heavy atom. The van der Waals surface area contributed by atoms with Gasteiger partial charge in [-0.15, -0.1) is 0 Å². The molecule has 1 aromatic rings. The fraction of sp³-hybridized carbons (Fsp3) is 0.200. The zero-order valence-electron chi connectivity index (χ0n) is 8.65. The molecule has 82 valence electrons. The number of aryl methyl sites for hydroxylation is 1. The summed E-state index contributed by atoms with van der Waals surface area (Å²) in [6, 6.07) is 2.97. The average molecular weight is 227 g/mol. The first-order valence-electron chi connectivity index (χ1n) is 4.24. The number of hydrogen-bond donors (Lipinski definition) is 1. The zero-order chi connectivity index (χ0) is 11.6. The molecule has 15 heavy (non-hydrogen) atoms. The normalized spacial score (nSPS) is 11.1. The lowest BCUT2D eigenvalue weighted by atomic mass is 10.2. The van der Waals surface area contributed by atoms with Gasteiger partial charge in [-0.05, 0) is 18.6 Å². The van der Waals surface area contributed by atoms with Crippen LogP contribution >= 0.6 is 0 Å². The number of methoxy groups -OCH3 is 1. The van der Waals surface area contributed by atoms with Crippen LogP contribution in [0.15, 0.2) is 29.0 Å². The summed E-state index contributed by atoms with van der Waals surface area (Å²) < 4.78 is 28.2. The van der Waals surface area contributed by atoms with Crippen LogP contribution in [0, 0.1) is 6.92 Å². The fourth-order valence-corrected chi connectivity index (χ4v) is 2.09. The second-order valence-electron chi connectivity index (χ2n) is 3.07. The van der Waals surface area contributed by atoms with Crippen molar-refractivity contribution in [2.45, 2.75) is 11.8 Å². The minimum absolute atomic E-state index is 0.0895. The quantitative estimate of drug-likeness (QED) is 0.794. The second kappa shape index (κ2) is 3.94. The van der Waals surface area contributed by atoms with E-state index in [9.17, 15) is 8.42 Å². The number of sulfone groups is 1. The van der Waals surface area contributed by atoms with Gasteiger partial charge in [-0.3, -0.25) is 0 Å². The van der Waals surface area contributed by atoms with Crippen molar-refractivity contribution in [3.8, 4) is 5.75 Å². The van der Waals surface area contributed by atoms with Gasteiger partial charge in [0.05, 0.1) is 7.11 Å². The first kappa shape index (κ1) is 11.6. The molecule has 0 aliphatic heterocycles. The largest absolute Gasteiger partial charge is 0.495 e. The van der Waals surface area contributed by atoms with Crippen LogP contribution in [0.3, 0.4) is 0 Å². The molecule has 0 aliphatic carbocycles. The summed E-state index contributed by atoms with van der Waals surface area (Å²) in [6.07, 6.45) is 0. The standard InChI is InChI=1S/C10H13NO3S/c1-4-15(12,13)10-5-7(2)8(11)6-9(10)14-3/h4-6H,1,11H2,2-3H3. The first-order chi connectivity index (χ1) is 6.92. The molecule has 0 amide bonds. The molecule has 0 heterocycles. The lowest BCUT2D eigenvalue weighted by Crippen LogP contribution is -2.02. The van der Waals surface area contributed by atoms with Gasteiger partial charge in [0.1, 0.15) is 10.6 Å². The average Bonchev–Trinajstić information content (AvgIpc) is 2.21. The third-order valence-electron chi connectivity index (χ3n) is 2.08. The van der Waals surface area contributed by atoms with Crippen LogP contribution in [-0.2, 0) is 9.84 Å². The maximum absolute atomic E-state index is 11.6. The maximum Gasteiger partial charge on any atom is 0.202 e. The Bertz CT molecular complexity index is 492. The Labute approximate surface area is 89.3 Å². The monoisotopic (exact) mass is 227 g/mol. The molecule has 0 fully saturated rings. The molecular weight excluding hydrogens is 214 g/mol. The molecule has 0 spiro atoms. The van der Waals surface area contributed by atoms with E-state index < -0.39 is 9.84 Å². The SMILES string of the molecule is C=CS(=O)(=O)c1cc(C)c(N)cc1OC. The van der Waals surface area contributed by atoms with Crippen molar-refractivity contribution in [1.29, 1.82) is 0 Å². The molecule has 0 bridgehead atoms. The predicted octanol–water partition coefficient (Wildman–Crippen LogP) is 1.50. The summed E-state index contributed by atoms with van der Waals surface area (Å²) in [5.74, 6) is 0.234. The molecule has 0 atom stereocenters. The number of nitrogen functional groups attached to an aromatic ring is 1. The van der Waals surface area contributed by atoms with E-state index in [2.05, 4.69) is 6.58 Å². The Morgan fingerprint density at radius 3 is 2.53 bits per heavy atom. The van der Waals surface area contributed by atoms with Crippen molar-refractivity contribution in [2.24, 2.45) is 0 Å². The van der Waals surface area contributed by atoms with E-state index in [0.29, 0.717) is 11.3 Å². The molecule has 2 N–H and O–H groups in total. The van der Waals surface area contributed by atoms with E-state index in [0.717, 1.165) is 5.41 Å². The maximum atomic E-state index is 11.6. The van der Waals surface area contributed by atoms with Crippen LogP contribution in [0.1, 0.15) is 5.56 Å². The molecule has 0 aliphatic rings. The van der Waals surface area contributed by atoms with Gasteiger partial charge < -0.3 is 10.5 Å². The highest BCUT2D eigenvalue weighted by Gasteiger charge is 2.17. The highest BCUT2D eigenvalue weighted by Crippen LogP contribution is 2.29. The molecular formula is C10H13NO3S. The summed E-state index contributed by atoms with van der Waals surface area (Å²) in [5.41, 5.74) is 6.84. The van der Waals surface area contributed by atoms with Crippen molar-refractivity contribution >= 4 is 15.5 Å². The van der Waals surface area contributed by atoms with Crippen LogP contribution in [0.2, 0.25) is 0 Å². The van der Waals surface area contributed by atoms with Crippen molar-refractivity contribution in [3.05, 3.63) is 29.7 Å². The number of anilines is 1. The Kier molecular flexibility index (Phi) is 3.04. The molecule has 4 nitrogen and oxygen atoms in total. The fourth-order valence-electron chi connectivity index (χ4n) is 1.15. The van der Waals surface area contributed by atoms with Gasteiger partial charge in [-0.2, -0.15) is 0 Å². The van der Waals surface area contributed by atoms with Crippen molar-refractivity contribution in [2.75, 3.05) is 12.8 Å². The molecule has 5 heteroatoms. The van der Waals surface area contributed by atoms with Gasteiger partial charge in [0.2, 0.25) is 9.84 Å². The van der Waals surface area contributed by atoms with E-state index >= 15 is 0 Å². The van der Waals surface area contributed by atoms with E-state index in [-0.39, 0.29) is 10.6 Å². The third kappa shape index (κ3) is 2.12. The summed E-state index contributed by atoms with van der Waals surface area (Å²) in [5, 5.41) is 0.889. The minimum Gasteiger partial charge on any atom is -0.495 e. The molecule has 0 radical (unpaired) electrons. The van der Waals surface area contributed by atoms with Gasteiger partial charge in [-0.1, -0.05) is 6.58 Å². The number of hydrogen-bond acceptors (Lipinski definition) is 4. The van der Waals surface area contributed by atoms with Crippen LogP contribution in [0.4, 0.5) is 5.69 Å². The molecule has 1 rings (SSSR count). The summed E-state index contributed by atoms with van der Waals surface area (Å²) in [6.45, 7) is 4.99. The minimum atomic E-state index is -3.50. The Balaban J connectivity index is 3.54. The second-order valence-corrected chi connectivity index (χ2v) is 4.93. The van der Waals surface area contributed by atoms with Crippen LogP contribution in [0.25, 0.3) is 0 Å². The topological polar surface area (TPSA) is 69.4 Å². The first-order valence-corrected chi connectivity index (χ1v) is 5.78. The van der Waals surface area contributed by atoms with Crippen LogP contribution in [0.5, 0.6) is 5.75 Å². The Morgan fingerprint density at radius 2 is 2.07 bits per heavy atom. The summed E-state index contributed by atoms with van der Waals surface area (Å²) >= 11 is 0. The zero-order valence-corrected chi connectivity index (χ0v) is 9.47. The van der Waals surface area contributed by atoms with E-state index in [1.54, 1.807) is 6.92 Å². The van der Waals surface area contributed by atoms with Gasteiger partial charge in [-0.25, -0.2) is 8.42 Å². The van der Waals surface area contributed by atoms with Gasteiger partial charge in [0, 0.05) is 17.2 Å². The molecule has 0 saturated heterocycles. The highest BCUT2D eigenvalue weighted by molar-refractivity contribution is 7.94. The summed E-state index contributed by atoms with van der Waals surface area (Å²) in [7, 11) is -2.10. The summed E-state index contributed by atoms with van der Waals surface area (Å²) in [4.78, 5) is 0.0895. The number of benzene rings is 1. The molecule has 1 aromatic carbocycles. The van der Waals surface area contributed by atoms with Crippen molar-refractivity contribution in [1.82, 2.24) is 0 Å². The van der Waals surface area contributed by atoms with Crippen molar-refractivity contribution in [3.63, 3.8) is 0 Å². The molecule has 0 saturated carbocycles. The lowest BCUT2D eigenvalue weighted by molar-refractivity contribution is 0.403.